The van der Waals surface area contributed by atoms with E-state index in [9.17, 15) is 9.59 Å². The lowest BCUT2D eigenvalue weighted by atomic mass is 9.86. The SMILES string of the molecule is C=CC(=O)Nc1cnn(COCC[Si](C)(C)C)c1-c1cc2c(cn1)CN(c1c(F)c(OC)cc(OC)c1F)C(=O)C21CC1. The maximum atomic E-state index is 15.4. The number of amides is 2. The van der Waals surface area contributed by atoms with Crippen LogP contribution in [0.5, 0.6) is 11.5 Å². The third-order valence-corrected chi connectivity index (χ3v) is 9.49. The van der Waals surface area contributed by atoms with Crippen LogP contribution in [0.3, 0.4) is 0 Å². The molecule has 0 radical (unpaired) electrons. The van der Waals surface area contributed by atoms with Gasteiger partial charge in [-0.05, 0) is 42.2 Å². The molecule has 2 aromatic heterocycles. The molecule has 5 rings (SSSR count). The quantitative estimate of drug-likeness (QED) is 0.179. The van der Waals surface area contributed by atoms with Crippen LogP contribution in [0.15, 0.2) is 37.2 Å². The molecule has 228 valence electrons. The van der Waals surface area contributed by atoms with Crippen molar-refractivity contribution < 1.29 is 32.6 Å². The van der Waals surface area contributed by atoms with Crippen LogP contribution in [0.2, 0.25) is 25.7 Å². The van der Waals surface area contributed by atoms with Crippen molar-refractivity contribution in [3.8, 4) is 22.9 Å². The maximum absolute atomic E-state index is 15.4. The number of hydrogen-bond donors (Lipinski definition) is 1. The molecule has 3 heterocycles. The first-order valence-electron chi connectivity index (χ1n) is 13.9. The lowest BCUT2D eigenvalue weighted by Crippen LogP contribution is -2.45. The largest absolute Gasteiger partial charge is 0.493 e. The van der Waals surface area contributed by atoms with Gasteiger partial charge in [-0.3, -0.25) is 14.6 Å². The van der Waals surface area contributed by atoms with E-state index < -0.39 is 42.6 Å². The number of methoxy groups -OCH3 is 2. The minimum absolute atomic E-state index is 0.105. The zero-order valence-corrected chi connectivity index (χ0v) is 25.9. The van der Waals surface area contributed by atoms with Gasteiger partial charge in [-0.2, -0.15) is 5.10 Å². The molecule has 1 fully saturated rings. The average Bonchev–Trinajstić information content (AvgIpc) is 3.68. The number of nitrogens with one attached hydrogen (secondary N) is 1. The molecule has 2 aliphatic rings. The molecule has 0 atom stereocenters. The van der Waals surface area contributed by atoms with Crippen molar-refractivity contribution in [2.45, 2.75) is 57.2 Å². The van der Waals surface area contributed by atoms with Crippen molar-refractivity contribution in [1.82, 2.24) is 14.8 Å². The average molecular weight is 612 g/mol. The second-order valence-corrected chi connectivity index (χ2v) is 17.5. The van der Waals surface area contributed by atoms with Crippen molar-refractivity contribution >= 4 is 31.3 Å². The Balaban J connectivity index is 1.54. The van der Waals surface area contributed by atoms with E-state index in [0.29, 0.717) is 42.1 Å². The lowest BCUT2D eigenvalue weighted by molar-refractivity contribution is -0.121. The molecular weight excluding hydrogens is 576 g/mol. The summed E-state index contributed by atoms with van der Waals surface area (Å²) in [6, 6.07) is 3.88. The zero-order chi connectivity index (χ0) is 31.1. The minimum atomic E-state index is -1.31. The van der Waals surface area contributed by atoms with Crippen LogP contribution in [0.25, 0.3) is 11.4 Å². The molecule has 1 saturated carbocycles. The molecule has 1 spiro atoms. The van der Waals surface area contributed by atoms with E-state index in [4.69, 9.17) is 14.2 Å². The zero-order valence-electron chi connectivity index (χ0n) is 24.9. The Morgan fingerprint density at radius 3 is 2.40 bits per heavy atom. The Morgan fingerprint density at radius 2 is 1.81 bits per heavy atom. The predicted molar refractivity (Wildman–Crippen MR) is 160 cm³/mol. The van der Waals surface area contributed by atoms with Crippen LogP contribution in [0.4, 0.5) is 20.2 Å². The van der Waals surface area contributed by atoms with Crippen LogP contribution in [-0.2, 0) is 33.0 Å². The molecule has 3 aromatic rings. The summed E-state index contributed by atoms with van der Waals surface area (Å²) in [4.78, 5) is 31.9. The van der Waals surface area contributed by atoms with Crippen molar-refractivity contribution in [3.05, 3.63) is 59.9 Å². The van der Waals surface area contributed by atoms with Gasteiger partial charge < -0.3 is 24.4 Å². The highest BCUT2D eigenvalue weighted by molar-refractivity contribution is 6.76. The highest BCUT2D eigenvalue weighted by Gasteiger charge is 2.57. The Labute approximate surface area is 249 Å². The summed E-state index contributed by atoms with van der Waals surface area (Å²) in [5, 5.41) is 7.20. The number of anilines is 2. The Bertz CT molecular complexity index is 1570. The number of pyridine rings is 1. The fraction of sp³-hybridized carbons (Fsp3) is 0.400. The molecule has 1 aliphatic heterocycles. The number of benzene rings is 1. The molecule has 0 bridgehead atoms. The number of carbonyl (C=O) groups excluding carboxylic acids is 2. The Hall–Kier alpha value is -4.10. The number of fused-ring (bicyclic) bond motifs is 2. The van der Waals surface area contributed by atoms with Crippen LogP contribution in [-0.4, -0.2) is 55.5 Å². The number of rotatable bonds is 11. The summed E-state index contributed by atoms with van der Waals surface area (Å²) in [7, 11) is 1.21. The number of hydrogen-bond acceptors (Lipinski definition) is 7. The van der Waals surface area contributed by atoms with Crippen molar-refractivity contribution in [2.75, 3.05) is 31.0 Å². The van der Waals surface area contributed by atoms with E-state index in [-0.39, 0.29) is 24.8 Å². The molecule has 0 saturated heterocycles. The second kappa shape index (κ2) is 11.5. The topological polar surface area (TPSA) is 108 Å². The van der Waals surface area contributed by atoms with Gasteiger partial charge in [0.05, 0.1) is 43.8 Å². The molecule has 1 aliphatic carbocycles. The summed E-state index contributed by atoms with van der Waals surface area (Å²) in [6.45, 7) is 10.9. The third-order valence-electron chi connectivity index (χ3n) is 7.79. The van der Waals surface area contributed by atoms with Crippen LogP contribution < -0.4 is 19.7 Å². The standard InChI is InChI=1S/C30H35F2N5O5Si/c1-7-24(38)35-21-15-34-37(17-42-10-11-43(4,5)6)27(21)20-12-19-18(14-33-20)16-36(29(39)30(19)8-9-30)28-25(31)22(40-2)13-23(41-3)26(28)32/h7,12-15H,1,8-11,16-17H2,2-6H3,(H,35,38). The van der Waals surface area contributed by atoms with Gasteiger partial charge in [-0.25, -0.2) is 13.5 Å². The minimum Gasteiger partial charge on any atom is -0.493 e. The number of aromatic nitrogens is 3. The van der Waals surface area contributed by atoms with Crippen molar-refractivity contribution in [1.29, 1.82) is 0 Å². The highest BCUT2D eigenvalue weighted by Crippen LogP contribution is 2.55. The summed E-state index contributed by atoms with van der Waals surface area (Å²) in [6.07, 6.45) is 5.27. The Morgan fingerprint density at radius 1 is 1.14 bits per heavy atom. The van der Waals surface area contributed by atoms with Gasteiger partial charge >= 0.3 is 0 Å². The van der Waals surface area contributed by atoms with Crippen molar-refractivity contribution in [2.24, 2.45) is 0 Å². The van der Waals surface area contributed by atoms with Crippen LogP contribution in [0, 0.1) is 11.6 Å². The normalized spacial score (nSPS) is 15.3. The summed E-state index contributed by atoms with van der Waals surface area (Å²) in [5.41, 5.74) is 1.27. The predicted octanol–water partition coefficient (Wildman–Crippen LogP) is 5.26. The molecular formula is C30H35F2N5O5Si. The molecule has 10 nitrogen and oxygen atoms in total. The molecule has 1 aromatic carbocycles. The maximum Gasteiger partial charge on any atom is 0.247 e. The molecule has 43 heavy (non-hydrogen) atoms. The fourth-order valence-electron chi connectivity index (χ4n) is 5.26. The van der Waals surface area contributed by atoms with Gasteiger partial charge in [-0.15, -0.1) is 0 Å². The van der Waals surface area contributed by atoms with E-state index in [2.05, 4.69) is 41.6 Å². The number of ether oxygens (including phenoxy) is 3. The summed E-state index contributed by atoms with van der Waals surface area (Å²) in [5.74, 6) is -3.29. The van der Waals surface area contributed by atoms with Gasteiger partial charge in [0, 0.05) is 26.9 Å². The van der Waals surface area contributed by atoms with Gasteiger partial charge in [0.1, 0.15) is 18.1 Å². The first-order chi connectivity index (χ1) is 20.4. The first-order valence-corrected chi connectivity index (χ1v) is 17.6. The van der Waals surface area contributed by atoms with E-state index in [1.54, 1.807) is 16.9 Å². The fourth-order valence-corrected chi connectivity index (χ4v) is 6.01. The number of nitrogens with zero attached hydrogens (tertiary/aromatic N) is 4. The molecule has 0 unspecified atom stereocenters. The van der Waals surface area contributed by atoms with E-state index in [1.165, 1.54) is 20.4 Å². The number of halogens is 2. The van der Waals surface area contributed by atoms with Gasteiger partial charge in [0.25, 0.3) is 0 Å². The highest BCUT2D eigenvalue weighted by atomic mass is 28.3. The van der Waals surface area contributed by atoms with E-state index in [1.807, 2.05) is 0 Å². The molecule has 2 amide bonds. The lowest BCUT2D eigenvalue weighted by Gasteiger charge is -2.35. The molecule has 1 N–H and O–H groups in total. The van der Waals surface area contributed by atoms with Crippen LogP contribution in [0.1, 0.15) is 24.0 Å². The Kier molecular flexibility index (Phi) is 8.14. The first kappa shape index (κ1) is 30.4. The van der Waals surface area contributed by atoms with Gasteiger partial charge in [0.2, 0.25) is 11.8 Å². The summed E-state index contributed by atoms with van der Waals surface area (Å²) < 4.78 is 48.6. The van der Waals surface area contributed by atoms with E-state index in [0.717, 1.165) is 28.6 Å². The monoisotopic (exact) mass is 611 g/mol. The molecule has 13 heteroatoms. The van der Waals surface area contributed by atoms with Crippen LogP contribution >= 0.6 is 0 Å². The van der Waals surface area contributed by atoms with Gasteiger partial charge in [0.15, 0.2) is 23.1 Å². The smallest absolute Gasteiger partial charge is 0.247 e. The van der Waals surface area contributed by atoms with Gasteiger partial charge in [-0.1, -0.05) is 26.2 Å². The third kappa shape index (κ3) is 5.66. The summed E-state index contributed by atoms with van der Waals surface area (Å²) >= 11 is 0. The second-order valence-electron chi connectivity index (χ2n) is 11.9. The van der Waals surface area contributed by atoms with E-state index >= 15 is 8.78 Å². The van der Waals surface area contributed by atoms with Crippen molar-refractivity contribution in [3.63, 3.8) is 0 Å². The number of carbonyl (C=O) groups is 2.